The highest BCUT2D eigenvalue weighted by molar-refractivity contribution is 7.92. The third kappa shape index (κ3) is 6.70. The standard InChI is InChI=1S/C29H34N2O5S/c1-3-36-27-15-13-26(14-16-27)31(37(2,33)34)21-23-9-11-24(12-10-23)28(32)30-22-29(17-19-35-20-18-29)25-7-5-4-6-8-25/h4-16H,3,17-22H2,1-2H3,(H,30,32). The molecular weight excluding hydrogens is 488 g/mol. The summed E-state index contributed by atoms with van der Waals surface area (Å²) >= 11 is 0. The molecule has 0 saturated carbocycles. The zero-order valence-corrected chi connectivity index (χ0v) is 22.2. The van der Waals surface area contributed by atoms with E-state index in [2.05, 4.69) is 17.4 Å². The van der Waals surface area contributed by atoms with Crippen LogP contribution in [-0.2, 0) is 26.7 Å². The molecule has 1 amide bonds. The maximum atomic E-state index is 13.0. The van der Waals surface area contributed by atoms with Crippen LogP contribution < -0.4 is 14.4 Å². The molecule has 196 valence electrons. The summed E-state index contributed by atoms with van der Waals surface area (Å²) in [6, 6.07) is 24.3. The van der Waals surface area contributed by atoms with E-state index in [4.69, 9.17) is 9.47 Å². The molecule has 1 aliphatic heterocycles. The number of hydrogen-bond donors (Lipinski definition) is 1. The Kier molecular flexibility index (Phi) is 8.51. The van der Waals surface area contributed by atoms with Gasteiger partial charge in [0, 0.05) is 30.7 Å². The minimum Gasteiger partial charge on any atom is -0.494 e. The molecule has 0 aliphatic carbocycles. The summed E-state index contributed by atoms with van der Waals surface area (Å²) in [5, 5.41) is 3.12. The van der Waals surface area contributed by atoms with Crippen molar-refractivity contribution in [3.8, 4) is 5.75 Å². The van der Waals surface area contributed by atoms with Crippen molar-refractivity contribution in [3.05, 3.63) is 95.6 Å². The zero-order chi connectivity index (χ0) is 26.3. The highest BCUT2D eigenvalue weighted by Crippen LogP contribution is 2.34. The number of benzene rings is 3. The molecule has 0 aromatic heterocycles. The lowest BCUT2D eigenvalue weighted by Gasteiger charge is -2.38. The molecule has 4 rings (SSSR count). The highest BCUT2D eigenvalue weighted by atomic mass is 32.2. The number of nitrogens with one attached hydrogen (secondary N) is 1. The topological polar surface area (TPSA) is 84.9 Å². The third-order valence-electron chi connectivity index (χ3n) is 6.80. The maximum Gasteiger partial charge on any atom is 0.251 e. The fourth-order valence-corrected chi connectivity index (χ4v) is 5.56. The molecule has 3 aromatic carbocycles. The first kappa shape index (κ1) is 26.7. The Balaban J connectivity index is 1.44. The van der Waals surface area contributed by atoms with Crippen molar-refractivity contribution in [2.24, 2.45) is 0 Å². The molecule has 0 spiro atoms. The Hall–Kier alpha value is -3.36. The van der Waals surface area contributed by atoms with Crippen LogP contribution in [0.15, 0.2) is 78.9 Å². The van der Waals surface area contributed by atoms with Crippen LogP contribution in [0.4, 0.5) is 5.69 Å². The van der Waals surface area contributed by atoms with Crippen LogP contribution in [0.2, 0.25) is 0 Å². The number of carbonyl (C=O) groups is 1. The number of ether oxygens (including phenoxy) is 2. The van der Waals surface area contributed by atoms with Gasteiger partial charge in [-0.2, -0.15) is 0 Å². The van der Waals surface area contributed by atoms with Gasteiger partial charge in [0.15, 0.2) is 0 Å². The fourth-order valence-electron chi connectivity index (χ4n) is 4.68. The van der Waals surface area contributed by atoms with Gasteiger partial charge in [-0.3, -0.25) is 9.10 Å². The molecule has 0 atom stereocenters. The van der Waals surface area contributed by atoms with Gasteiger partial charge in [-0.25, -0.2) is 8.42 Å². The Morgan fingerprint density at radius 1 is 0.973 bits per heavy atom. The number of rotatable bonds is 10. The molecular formula is C29H34N2O5S. The van der Waals surface area contributed by atoms with Crippen LogP contribution in [0.3, 0.4) is 0 Å². The van der Waals surface area contributed by atoms with Gasteiger partial charge in [0.1, 0.15) is 5.75 Å². The smallest absolute Gasteiger partial charge is 0.251 e. The minimum atomic E-state index is -3.52. The summed E-state index contributed by atoms with van der Waals surface area (Å²) in [6.07, 6.45) is 2.89. The normalized spacial score (nSPS) is 15.1. The van der Waals surface area contributed by atoms with Gasteiger partial charge in [0.25, 0.3) is 5.91 Å². The van der Waals surface area contributed by atoms with Crippen LogP contribution in [0.5, 0.6) is 5.75 Å². The van der Waals surface area contributed by atoms with E-state index in [1.54, 1.807) is 48.5 Å². The zero-order valence-electron chi connectivity index (χ0n) is 21.4. The predicted molar refractivity (Wildman–Crippen MR) is 146 cm³/mol. The lowest BCUT2D eigenvalue weighted by Crippen LogP contribution is -2.44. The number of anilines is 1. The molecule has 7 nitrogen and oxygen atoms in total. The molecule has 8 heteroatoms. The molecule has 1 saturated heterocycles. The van der Waals surface area contributed by atoms with Crippen LogP contribution in [0.1, 0.15) is 41.3 Å². The minimum absolute atomic E-state index is 0.150. The van der Waals surface area contributed by atoms with Gasteiger partial charge in [-0.05, 0) is 67.3 Å². The monoisotopic (exact) mass is 522 g/mol. The average molecular weight is 523 g/mol. The SMILES string of the molecule is CCOc1ccc(N(Cc2ccc(C(=O)NCC3(c4ccccc4)CCOCC3)cc2)S(C)(=O)=O)cc1. The van der Waals surface area contributed by atoms with Crippen LogP contribution in [0.25, 0.3) is 0 Å². The summed E-state index contributed by atoms with van der Waals surface area (Å²) < 4.78 is 37.4. The predicted octanol–water partition coefficient (Wildman–Crippen LogP) is 4.53. The Labute approximate surface area is 219 Å². The van der Waals surface area contributed by atoms with Gasteiger partial charge < -0.3 is 14.8 Å². The maximum absolute atomic E-state index is 13.0. The number of carbonyl (C=O) groups excluding carboxylic acids is 1. The van der Waals surface area contributed by atoms with Gasteiger partial charge >= 0.3 is 0 Å². The first-order chi connectivity index (χ1) is 17.8. The number of amides is 1. The largest absolute Gasteiger partial charge is 0.494 e. The summed E-state index contributed by atoms with van der Waals surface area (Å²) in [5.74, 6) is 0.532. The molecule has 0 radical (unpaired) electrons. The van der Waals surface area contributed by atoms with E-state index in [-0.39, 0.29) is 17.9 Å². The van der Waals surface area contributed by atoms with E-state index in [0.717, 1.165) is 18.4 Å². The molecule has 37 heavy (non-hydrogen) atoms. The first-order valence-corrected chi connectivity index (χ1v) is 14.4. The van der Waals surface area contributed by atoms with Crippen LogP contribution >= 0.6 is 0 Å². The molecule has 1 aliphatic rings. The molecule has 1 heterocycles. The van der Waals surface area contributed by atoms with E-state index in [1.165, 1.54) is 16.1 Å². The lowest BCUT2D eigenvalue weighted by molar-refractivity contribution is 0.0487. The molecule has 0 bridgehead atoms. The summed E-state index contributed by atoms with van der Waals surface area (Å²) in [4.78, 5) is 13.0. The van der Waals surface area contributed by atoms with Crippen molar-refractivity contribution in [2.45, 2.75) is 31.7 Å². The summed E-state index contributed by atoms with van der Waals surface area (Å²) in [7, 11) is -3.52. The Morgan fingerprint density at radius 2 is 1.62 bits per heavy atom. The number of hydrogen-bond acceptors (Lipinski definition) is 5. The van der Waals surface area contributed by atoms with Crippen molar-refractivity contribution in [3.63, 3.8) is 0 Å². The second kappa shape index (κ2) is 11.8. The van der Waals surface area contributed by atoms with E-state index < -0.39 is 10.0 Å². The van der Waals surface area contributed by atoms with Crippen molar-refractivity contribution in [1.29, 1.82) is 0 Å². The molecule has 0 unspecified atom stereocenters. The third-order valence-corrected chi connectivity index (χ3v) is 7.94. The molecule has 3 aromatic rings. The average Bonchev–Trinajstić information content (AvgIpc) is 2.92. The van der Waals surface area contributed by atoms with Crippen molar-refractivity contribution in [2.75, 3.05) is 36.9 Å². The van der Waals surface area contributed by atoms with E-state index in [9.17, 15) is 13.2 Å². The van der Waals surface area contributed by atoms with E-state index >= 15 is 0 Å². The van der Waals surface area contributed by atoms with Crippen molar-refractivity contribution < 1.29 is 22.7 Å². The summed E-state index contributed by atoms with van der Waals surface area (Å²) in [6.45, 7) is 4.46. The highest BCUT2D eigenvalue weighted by Gasteiger charge is 2.34. The van der Waals surface area contributed by atoms with E-state index in [1.807, 2.05) is 25.1 Å². The first-order valence-electron chi connectivity index (χ1n) is 12.5. The van der Waals surface area contributed by atoms with Gasteiger partial charge in [0.05, 0.1) is 25.1 Å². The van der Waals surface area contributed by atoms with Crippen LogP contribution in [-0.4, -0.2) is 46.9 Å². The number of sulfonamides is 1. The van der Waals surface area contributed by atoms with Gasteiger partial charge in [-0.15, -0.1) is 0 Å². The Bertz CT molecular complexity index is 1270. The fraction of sp³-hybridized carbons (Fsp3) is 0.345. The summed E-state index contributed by atoms with van der Waals surface area (Å²) in [5.41, 5.74) is 2.93. The second-order valence-corrected chi connectivity index (χ2v) is 11.2. The van der Waals surface area contributed by atoms with E-state index in [0.29, 0.717) is 43.4 Å². The molecule has 1 fully saturated rings. The second-order valence-electron chi connectivity index (χ2n) is 9.33. The van der Waals surface area contributed by atoms with Crippen molar-refractivity contribution >= 4 is 21.6 Å². The molecule has 1 N–H and O–H groups in total. The van der Waals surface area contributed by atoms with Crippen LogP contribution in [0, 0.1) is 0 Å². The van der Waals surface area contributed by atoms with Gasteiger partial charge in [-0.1, -0.05) is 42.5 Å². The Morgan fingerprint density at radius 3 is 2.22 bits per heavy atom. The van der Waals surface area contributed by atoms with Gasteiger partial charge in [0.2, 0.25) is 10.0 Å². The van der Waals surface area contributed by atoms with Crippen molar-refractivity contribution in [1.82, 2.24) is 5.32 Å². The quantitative estimate of drug-likeness (QED) is 0.423. The number of nitrogens with zero attached hydrogens (tertiary/aromatic N) is 1. The lowest BCUT2D eigenvalue weighted by atomic mass is 9.74.